The van der Waals surface area contributed by atoms with Crippen molar-refractivity contribution in [1.29, 1.82) is 0 Å². The van der Waals surface area contributed by atoms with Gasteiger partial charge >= 0.3 is 0 Å². The second kappa shape index (κ2) is 10.2. The van der Waals surface area contributed by atoms with E-state index in [0.717, 1.165) is 11.8 Å². The quantitative estimate of drug-likeness (QED) is 0.563. The highest BCUT2D eigenvalue weighted by Gasteiger charge is 2.23. The number of carbonyl (C=O) groups excluding carboxylic acids is 3. The van der Waals surface area contributed by atoms with E-state index in [2.05, 4.69) is 16.2 Å². The summed E-state index contributed by atoms with van der Waals surface area (Å²) in [6, 6.07) is 11.5. The molecular weight excluding hydrogens is 418 g/mol. The number of rotatable bonds is 7. The van der Waals surface area contributed by atoms with Crippen LogP contribution in [0.4, 0.5) is 0 Å². The lowest BCUT2D eigenvalue weighted by Crippen LogP contribution is -2.52. The molecule has 2 rings (SSSR count). The van der Waals surface area contributed by atoms with Gasteiger partial charge in [-0.25, -0.2) is 8.42 Å². The Bertz CT molecular complexity index is 1060. The lowest BCUT2D eigenvalue weighted by atomic mass is 10.0. The van der Waals surface area contributed by atoms with Gasteiger partial charge in [-0.15, -0.1) is 0 Å². The second-order valence-corrected chi connectivity index (χ2v) is 9.73. The molecular formula is C22H27N3O5S. The molecule has 0 saturated heterocycles. The number of aryl methyl sites for hydroxylation is 1. The lowest BCUT2D eigenvalue weighted by molar-refractivity contribution is -0.124. The molecule has 3 N–H and O–H groups in total. The van der Waals surface area contributed by atoms with Gasteiger partial charge < -0.3 is 5.32 Å². The predicted octanol–water partition coefficient (Wildman–Crippen LogP) is 2.00. The fourth-order valence-electron chi connectivity index (χ4n) is 2.90. The van der Waals surface area contributed by atoms with Gasteiger partial charge in [0.05, 0.1) is 4.90 Å². The minimum atomic E-state index is -3.37. The van der Waals surface area contributed by atoms with Crippen LogP contribution < -0.4 is 16.2 Å². The van der Waals surface area contributed by atoms with Crippen LogP contribution >= 0.6 is 0 Å². The number of amides is 3. The molecule has 0 fully saturated rings. The maximum absolute atomic E-state index is 12.6. The number of carbonyl (C=O) groups is 3. The maximum atomic E-state index is 12.6. The van der Waals surface area contributed by atoms with E-state index in [-0.39, 0.29) is 22.3 Å². The first-order chi connectivity index (χ1) is 14.5. The molecule has 166 valence electrons. The zero-order valence-corrected chi connectivity index (χ0v) is 18.7. The summed E-state index contributed by atoms with van der Waals surface area (Å²) in [6.07, 6.45) is 1.45. The molecule has 2 aromatic rings. The maximum Gasteiger partial charge on any atom is 0.269 e. The third-order valence-electron chi connectivity index (χ3n) is 4.56. The first-order valence-electron chi connectivity index (χ1n) is 9.76. The average Bonchev–Trinajstić information content (AvgIpc) is 2.70. The van der Waals surface area contributed by atoms with Gasteiger partial charge in [-0.05, 0) is 55.2 Å². The van der Waals surface area contributed by atoms with Crippen molar-refractivity contribution in [2.24, 2.45) is 5.92 Å². The topological polar surface area (TPSA) is 121 Å². The minimum Gasteiger partial charge on any atom is -0.340 e. The van der Waals surface area contributed by atoms with Gasteiger partial charge in [-0.2, -0.15) is 0 Å². The van der Waals surface area contributed by atoms with Crippen LogP contribution in [-0.2, 0) is 14.6 Å². The zero-order valence-electron chi connectivity index (χ0n) is 17.9. The van der Waals surface area contributed by atoms with Crippen LogP contribution in [0, 0.1) is 12.8 Å². The monoisotopic (exact) mass is 445 g/mol. The molecule has 0 saturated carbocycles. The summed E-state index contributed by atoms with van der Waals surface area (Å²) in [5.74, 6) is -1.42. The van der Waals surface area contributed by atoms with E-state index in [1.807, 2.05) is 32.9 Å². The van der Waals surface area contributed by atoms with E-state index in [1.165, 1.54) is 24.3 Å². The van der Waals surface area contributed by atoms with Crippen molar-refractivity contribution in [3.8, 4) is 0 Å². The smallest absolute Gasteiger partial charge is 0.269 e. The lowest BCUT2D eigenvalue weighted by Gasteiger charge is -2.21. The number of benzene rings is 2. The number of hydrazine groups is 1. The third-order valence-corrected chi connectivity index (χ3v) is 5.69. The molecule has 2 aromatic carbocycles. The highest BCUT2D eigenvalue weighted by atomic mass is 32.2. The first kappa shape index (κ1) is 24.1. The van der Waals surface area contributed by atoms with Crippen LogP contribution in [-0.4, -0.2) is 38.4 Å². The van der Waals surface area contributed by atoms with Crippen LogP contribution in [0.2, 0.25) is 0 Å². The fraction of sp³-hybridized carbons (Fsp3) is 0.318. The number of sulfone groups is 1. The molecule has 9 heteroatoms. The number of hydrogen-bond acceptors (Lipinski definition) is 5. The molecule has 1 unspecified atom stereocenters. The normalized spacial score (nSPS) is 12.2. The molecule has 0 aromatic heterocycles. The molecule has 0 bridgehead atoms. The van der Waals surface area contributed by atoms with Gasteiger partial charge in [-0.1, -0.05) is 32.0 Å². The van der Waals surface area contributed by atoms with Crippen LogP contribution in [0.15, 0.2) is 53.4 Å². The molecule has 0 aliphatic rings. The minimum absolute atomic E-state index is 0.0870. The van der Waals surface area contributed by atoms with Gasteiger partial charge in [0.15, 0.2) is 9.84 Å². The standard InChI is InChI=1S/C22H27N3O5S/c1-14(2)13-19(23-21(27)18-8-6-5-7-15(18)3)22(28)25-24-20(26)16-9-11-17(12-10-16)31(4,29)30/h5-12,14,19H,13H2,1-4H3,(H,23,27)(H,24,26)(H,25,28). The highest BCUT2D eigenvalue weighted by molar-refractivity contribution is 7.90. The van der Waals surface area contributed by atoms with Crippen molar-refractivity contribution in [2.75, 3.05) is 6.26 Å². The van der Waals surface area contributed by atoms with Gasteiger partial charge in [-0.3, -0.25) is 25.2 Å². The van der Waals surface area contributed by atoms with Gasteiger partial charge in [0.25, 0.3) is 17.7 Å². The summed E-state index contributed by atoms with van der Waals surface area (Å²) in [5.41, 5.74) is 6.06. The summed E-state index contributed by atoms with van der Waals surface area (Å²) < 4.78 is 23.0. The fourth-order valence-corrected chi connectivity index (χ4v) is 3.53. The summed E-state index contributed by atoms with van der Waals surface area (Å²) in [7, 11) is -3.37. The Kier molecular flexibility index (Phi) is 7.93. The molecule has 31 heavy (non-hydrogen) atoms. The van der Waals surface area contributed by atoms with E-state index in [0.29, 0.717) is 12.0 Å². The first-order valence-corrected chi connectivity index (χ1v) is 11.6. The van der Waals surface area contributed by atoms with Crippen LogP contribution in [0.5, 0.6) is 0 Å². The third kappa shape index (κ3) is 6.92. The summed E-state index contributed by atoms with van der Waals surface area (Å²) in [5, 5.41) is 2.72. The second-order valence-electron chi connectivity index (χ2n) is 7.71. The van der Waals surface area contributed by atoms with Crippen molar-refractivity contribution in [3.05, 3.63) is 65.2 Å². The largest absolute Gasteiger partial charge is 0.340 e. The molecule has 0 aliphatic carbocycles. The molecule has 0 aliphatic heterocycles. The van der Waals surface area contributed by atoms with Crippen molar-refractivity contribution >= 4 is 27.6 Å². The van der Waals surface area contributed by atoms with E-state index in [9.17, 15) is 22.8 Å². The van der Waals surface area contributed by atoms with Crippen molar-refractivity contribution in [3.63, 3.8) is 0 Å². The molecule has 0 spiro atoms. The van der Waals surface area contributed by atoms with Gasteiger partial charge in [0, 0.05) is 17.4 Å². The average molecular weight is 446 g/mol. The van der Waals surface area contributed by atoms with Crippen LogP contribution in [0.3, 0.4) is 0 Å². The highest BCUT2D eigenvalue weighted by Crippen LogP contribution is 2.11. The Morgan fingerprint density at radius 3 is 2.06 bits per heavy atom. The number of nitrogens with one attached hydrogen (secondary N) is 3. The SMILES string of the molecule is Cc1ccccc1C(=O)NC(CC(C)C)C(=O)NNC(=O)c1ccc(S(C)(=O)=O)cc1. The summed E-state index contributed by atoms with van der Waals surface area (Å²) >= 11 is 0. The molecule has 3 amide bonds. The van der Waals surface area contributed by atoms with E-state index in [1.54, 1.807) is 12.1 Å². The van der Waals surface area contributed by atoms with Crippen LogP contribution in [0.1, 0.15) is 46.5 Å². The van der Waals surface area contributed by atoms with E-state index >= 15 is 0 Å². The van der Waals surface area contributed by atoms with Gasteiger partial charge in [0.1, 0.15) is 6.04 Å². The Balaban J connectivity index is 2.04. The van der Waals surface area contributed by atoms with Crippen molar-refractivity contribution in [1.82, 2.24) is 16.2 Å². The molecule has 0 heterocycles. The Hall–Kier alpha value is -3.20. The number of hydrogen-bond donors (Lipinski definition) is 3. The Labute approximate surface area is 182 Å². The van der Waals surface area contributed by atoms with Gasteiger partial charge in [0.2, 0.25) is 0 Å². The van der Waals surface area contributed by atoms with E-state index in [4.69, 9.17) is 0 Å². The van der Waals surface area contributed by atoms with E-state index < -0.39 is 27.7 Å². The van der Waals surface area contributed by atoms with Crippen LogP contribution in [0.25, 0.3) is 0 Å². The predicted molar refractivity (Wildman–Crippen MR) is 117 cm³/mol. The summed E-state index contributed by atoms with van der Waals surface area (Å²) in [6.45, 7) is 5.64. The zero-order chi connectivity index (χ0) is 23.2. The van der Waals surface area contributed by atoms with Crippen molar-refractivity contribution < 1.29 is 22.8 Å². The van der Waals surface area contributed by atoms with Crippen molar-refractivity contribution in [2.45, 2.75) is 38.1 Å². The summed E-state index contributed by atoms with van der Waals surface area (Å²) in [4.78, 5) is 37.6. The molecule has 1 atom stereocenters. The Morgan fingerprint density at radius 1 is 0.903 bits per heavy atom. The molecule has 8 nitrogen and oxygen atoms in total. The molecule has 0 radical (unpaired) electrons. The Morgan fingerprint density at radius 2 is 1.52 bits per heavy atom.